The highest BCUT2D eigenvalue weighted by atomic mass is 14.0. The average Bonchev–Trinajstić information content (AvgIpc) is 2.18. The minimum atomic E-state index is 1.23. The fraction of sp³-hybridized carbons (Fsp3) is 0.571. The maximum absolute atomic E-state index is 2.23. The van der Waals surface area contributed by atoms with E-state index in [9.17, 15) is 0 Å². The maximum Gasteiger partial charge on any atom is -0.0279 e. The van der Waals surface area contributed by atoms with Crippen LogP contribution in [0.4, 0.5) is 0 Å². The zero-order valence-electron chi connectivity index (χ0n) is 10.1. The Morgan fingerprint density at radius 2 is 1.43 bits per heavy atom. The van der Waals surface area contributed by atoms with Gasteiger partial charge >= 0.3 is 0 Å². The van der Waals surface area contributed by atoms with Crippen LogP contribution in [0.3, 0.4) is 0 Å². The van der Waals surface area contributed by atoms with Crippen LogP contribution in [-0.4, -0.2) is 0 Å². The summed E-state index contributed by atoms with van der Waals surface area (Å²) in [7, 11) is 0. The molecule has 0 aliphatic rings. The highest BCUT2D eigenvalue weighted by molar-refractivity contribution is 5.21. The largest absolute Gasteiger partial charge is 0.0656 e. The molecule has 0 nitrogen and oxygen atoms in total. The summed E-state index contributed by atoms with van der Waals surface area (Å²) >= 11 is 0. The Morgan fingerprint density at radius 1 is 0.929 bits per heavy atom. The van der Waals surface area contributed by atoms with E-state index in [0.29, 0.717) is 0 Å². The van der Waals surface area contributed by atoms with Crippen LogP contribution in [0, 0.1) is 6.92 Å². The van der Waals surface area contributed by atoms with Crippen molar-refractivity contribution in [2.45, 2.75) is 53.4 Å². The summed E-state index contributed by atoms with van der Waals surface area (Å²) < 4.78 is 0. The second-order valence-corrected chi connectivity index (χ2v) is 3.80. The second-order valence-electron chi connectivity index (χ2n) is 3.80. The van der Waals surface area contributed by atoms with Crippen LogP contribution >= 0.6 is 0 Å². The normalized spacial score (nSPS) is 9.14. The van der Waals surface area contributed by atoms with Crippen LogP contribution in [0.2, 0.25) is 0 Å². The lowest BCUT2D eigenvalue weighted by molar-refractivity contribution is 0.795. The first-order valence-electron chi connectivity index (χ1n) is 5.80. The molecule has 0 aliphatic heterocycles. The maximum atomic E-state index is 2.23. The van der Waals surface area contributed by atoms with Crippen molar-refractivity contribution in [1.29, 1.82) is 0 Å². The highest BCUT2D eigenvalue weighted by Gasteiger charge is 1.90. The van der Waals surface area contributed by atoms with Crippen LogP contribution < -0.4 is 0 Å². The minimum Gasteiger partial charge on any atom is -0.0656 e. The van der Waals surface area contributed by atoms with Crippen molar-refractivity contribution in [2.75, 3.05) is 0 Å². The van der Waals surface area contributed by atoms with Crippen molar-refractivity contribution in [3.8, 4) is 0 Å². The van der Waals surface area contributed by atoms with Crippen LogP contribution in [-0.2, 0) is 6.42 Å². The van der Waals surface area contributed by atoms with E-state index >= 15 is 0 Å². The molecule has 1 aromatic carbocycles. The highest BCUT2D eigenvalue weighted by Crippen LogP contribution is 2.06. The molecule has 0 radical (unpaired) electrons. The van der Waals surface area contributed by atoms with Crippen molar-refractivity contribution >= 4 is 0 Å². The first kappa shape index (κ1) is 13.2. The van der Waals surface area contributed by atoms with Gasteiger partial charge in [-0.1, -0.05) is 63.4 Å². The Bertz CT molecular complexity index is 208. The number of aryl methyl sites for hydroxylation is 2. The lowest BCUT2D eigenvalue weighted by Crippen LogP contribution is -1.83. The number of benzene rings is 1. The van der Waals surface area contributed by atoms with Crippen molar-refractivity contribution in [2.24, 2.45) is 0 Å². The molecule has 0 fully saturated rings. The van der Waals surface area contributed by atoms with E-state index in [4.69, 9.17) is 0 Å². The summed E-state index contributed by atoms with van der Waals surface area (Å²) in [4.78, 5) is 0. The molecular weight excluding hydrogens is 168 g/mol. The van der Waals surface area contributed by atoms with E-state index in [1.165, 1.54) is 36.8 Å². The minimum absolute atomic E-state index is 1.23. The molecule has 0 saturated carbocycles. The number of rotatable bonds is 3. The van der Waals surface area contributed by atoms with Gasteiger partial charge in [0, 0.05) is 0 Å². The van der Waals surface area contributed by atoms with E-state index in [2.05, 4.69) is 52.0 Å². The molecule has 80 valence electrons. The SMILES string of the molecule is CCC.CCCCc1ccc(C)cc1. The lowest BCUT2D eigenvalue weighted by Gasteiger charge is -1.99. The molecule has 0 N–H and O–H groups in total. The third kappa shape index (κ3) is 6.71. The predicted octanol–water partition coefficient (Wildman–Crippen LogP) is 4.75. The van der Waals surface area contributed by atoms with Crippen molar-refractivity contribution < 1.29 is 0 Å². The predicted molar refractivity (Wildman–Crippen MR) is 65.8 cm³/mol. The van der Waals surface area contributed by atoms with Gasteiger partial charge in [-0.05, 0) is 25.3 Å². The topological polar surface area (TPSA) is 0 Å². The van der Waals surface area contributed by atoms with E-state index in [-0.39, 0.29) is 0 Å². The summed E-state index contributed by atoms with van der Waals surface area (Å²) in [5.74, 6) is 0. The molecule has 1 rings (SSSR count). The molecular formula is C14H24. The molecule has 14 heavy (non-hydrogen) atoms. The van der Waals surface area contributed by atoms with Gasteiger partial charge in [-0.2, -0.15) is 0 Å². The van der Waals surface area contributed by atoms with E-state index < -0.39 is 0 Å². The van der Waals surface area contributed by atoms with Crippen molar-refractivity contribution in [3.63, 3.8) is 0 Å². The van der Waals surface area contributed by atoms with E-state index in [0.717, 1.165) is 0 Å². The van der Waals surface area contributed by atoms with E-state index in [1.807, 2.05) is 0 Å². The summed E-state index contributed by atoms with van der Waals surface area (Å²) in [6.45, 7) is 8.61. The van der Waals surface area contributed by atoms with Gasteiger partial charge in [-0.25, -0.2) is 0 Å². The second kappa shape index (κ2) is 8.80. The summed E-state index contributed by atoms with van der Waals surface area (Å²) in [5.41, 5.74) is 2.82. The molecule has 0 amide bonds. The fourth-order valence-corrected chi connectivity index (χ4v) is 1.14. The molecule has 0 atom stereocenters. The molecule has 0 aromatic heterocycles. The Kier molecular flexibility index (Phi) is 8.31. The van der Waals surface area contributed by atoms with Crippen LogP contribution in [0.15, 0.2) is 24.3 Å². The van der Waals surface area contributed by atoms with Gasteiger partial charge < -0.3 is 0 Å². The molecule has 0 saturated heterocycles. The van der Waals surface area contributed by atoms with Crippen LogP contribution in [0.25, 0.3) is 0 Å². The van der Waals surface area contributed by atoms with Gasteiger partial charge in [0.25, 0.3) is 0 Å². The Balaban J connectivity index is 0.000000500. The summed E-state index contributed by atoms with van der Waals surface area (Å²) in [6, 6.07) is 8.83. The van der Waals surface area contributed by atoms with Gasteiger partial charge in [0.1, 0.15) is 0 Å². The van der Waals surface area contributed by atoms with E-state index in [1.54, 1.807) is 0 Å². The molecule has 0 heterocycles. The average molecular weight is 192 g/mol. The molecule has 0 heteroatoms. The third-order valence-electron chi connectivity index (χ3n) is 1.94. The Labute approximate surface area is 89.4 Å². The number of unbranched alkanes of at least 4 members (excludes halogenated alkanes) is 1. The summed E-state index contributed by atoms with van der Waals surface area (Å²) in [6.07, 6.45) is 5.08. The molecule has 0 spiro atoms. The van der Waals surface area contributed by atoms with Crippen LogP contribution in [0.5, 0.6) is 0 Å². The standard InChI is InChI=1S/C11H16.C3H8/c1-3-4-5-11-8-6-10(2)7-9-11;1-3-2/h6-9H,3-5H2,1-2H3;3H2,1-2H3. The van der Waals surface area contributed by atoms with Crippen LogP contribution in [0.1, 0.15) is 51.2 Å². The zero-order chi connectivity index (χ0) is 10.8. The Hall–Kier alpha value is -0.780. The molecule has 0 bridgehead atoms. The monoisotopic (exact) mass is 192 g/mol. The van der Waals surface area contributed by atoms with Crippen molar-refractivity contribution in [3.05, 3.63) is 35.4 Å². The third-order valence-corrected chi connectivity index (χ3v) is 1.94. The van der Waals surface area contributed by atoms with Crippen molar-refractivity contribution in [1.82, 2.24) is 0 Å². The molecule has 1 aromatic rings. The molecule has 0 aliphatic carbocycles. The fourth-order valence-electron chi connectivity index (χ4n) is 1.14. The van der Waals surface area contributed by atoms with Gasteiger partial charge in [0.05, 0.1) is 0 Å². The number of hydrogen-bond donors (Lipinski definition) is 0. The zero-order valence-corrected chi connectivity index (χ0v) is 10.1. The molecule has 0 unspecified atom stereocenters. The first-order chi connectivity index (χ1) is 6.74. The summed E-state index contributed by atoms with van der Waals surface area (Å²) in [5, 5.41) is 0. The lowest BCUT2D eigenvalue weighted by atomic mass is 10.1. The number of hydrogen-bond acceptors (Lipinski definition) is 0. The van der Waals surface area contributed by atoms with Gasteiger partial charge in [0.15, 0.2) is 0 Å². The van der Waals surface area contributed by atoms with Gasteiger partial charge in [-0.15, -0.1) is 0 Å². The van der Waals surface area contributed by atoms with Gasteiger partial charge in [0.2, 0.25) is 0 Å². The first-order valence-corrected chi connectivity index (χ1v) is 5.80. The van der Waals surface area contributed by atoms with Gasteiger partial charge in [-0.3, -0.25) is 0 Å². The Morgan fingerprint density at radius 3 is 1.86 bits per heavy atom. The smallest absolute Gasteiger partial charge is 0.0279 e. The quantitative estimate of drug-likeness (QED) is 0.648.